The van der Waals surface area contributed by atoms with E-state index in [0.29, 0.717) is 32.7 Å². The van der Waals surface area contributed by atoms with Crippen molar-refractivity contribution in [2.75, 3.05) is 40.0 Å². The van der Waals surface area contributed by atoms with Crippen LogP contribution in [0.5, 0.6) is 0 Å². The van der Waals surface area contributed by atoms with Crippen molar-refractivity contribution < 1.29 is 19.4 Å². The Hall–Kier alpha value is -0.650. The van der Waals surface area contributed by atoms with Crippen molar-refractivity contribution in [2.24, 2.45) is 0 Å². The van der Waals surface area contributed by atoms with E-state index in [1.165, 1.54) is 0 Å². The highest BCUT2D eigenvalue weighted by Gasteiger charge is 2.33. The van der Waals surface area contributed by atoms with Crippen LogP contribution in [0.25, 0.3) is 0 Å². The average Bonchev–Trinajstić information content (AvgIpc) is 2.53. The lowest BCUT2D eigenvalue weighted by Gasteiger charge is -2.18. The first-order chi connectivity index (χ1) is 7.05. The molecule has 0 aliphatic carbocycles. The first-order valence-corrected chi connectivity index (χ1v) is 5.12. The van der Waals surface area contributed by atoms with Crippen LogP contribution >= 0.6 is 0 Å². The molecule has 1 aliphatic rings. The fraction of sp³-hybridized carbons (Fsp3) is 0.900. The van der Waals surface area contributed by atoms with E-state index in [0.717, 1.165) is 0 Å². The fourth-order valence-corrected chi connectivity index (χ4v) is 1.55. The van der Waals surface area contributed by atoms with Gasteiger partial charge in [-0.15, -0.1) is 0 Å². The number of hydrogen-bond acceptors (Lipinski definition) is 4. The van der Waals surface area contributed by atoms with Crippen LogP contribution in [0.2, 0.25) is 0 Å². The standard InChI is InChI=1S/C10H19NO4/c1-10(13)3-4-11(8-10)9(12)7-15-6-5-14-2/h13H,3-8H2,1-2H3. The molecule has 0 aromatic rings. The van der Waals surface area contributed by atoms with Crippen molar-refractivity contribution in [1.29, 1.82) is 0 Å². The van der Waals surface area contributed by atoms with Crippen molar-refractivity contribution in [1.82, 2.24) is 4.90 Å². The Labute approximate surface area is 90.0 Å². The molecule has 15 heavy (non-hydrogen) atoms. The van der Waals surface area contributed by atoms with Crippen LogP contribution < -0.4 is 0 Å². The molecule has 1 saturated heterocycles. The fourth-order valence-electron chi connectivity index (χ4n) is 1.55. The lowest BCUT2D eigenvalue weighted by atomic mass is 10.1. The smallest absolute Gasteiger partial charge is 0.248 e. The maximum atomic E-state index is 11.5. The Bertz CT molecular complexity index is 217. The predicted octanol–water partition coefficient (Wildman–Crippen LogP) is -0.367. The lowest BCUT2D eigenvalue weighted by molar-refractivity contribution is -0.136. The molecule has 1 aliphatic heterocycles. The van der Waals surface area contributed by atoms with Gasteiger partial charge in [0.05, 0.1) is 18.8 Å². The van der Waals surface area contributed by atoms with Gasteiger partial charge in [-0.3, -0.25) is 4.79 Å². The van der Waals surface area contributed by atoms with Gasteiger partial charge in [0.25, 0.3) is 0 Å². The van der Waals surface area contributed by atoms with Crippen molar-refractivity contribution >= 4 is 5.91 Å². The number of nitrogens with zero attached hydrogens (tertiary/aromatic N) is 1. The highest BCUT2D eigenvalue weighted by Crippen LogP contribution is 2.19. The molecule has 0 aromatic carbocycles. The summed E-state index contributed by atoms with van der Waals surface area (Å²) in [5, 5.41) is 9.67. The molecular formula is C10H19NO4. The van der Waals surface area contributed by atoms with Crippen molar-refractivity contribution in [3.8, 4) is 0 Å². The second-order valence-corrected chi connectivity index (χ2v) is 4.11. The lowest BCUT2D eigenvalue weighted by Crippen LogP contribution is -2.36. The topological polar surface area (TPSA) is 59.0 Å². The van der Waals surface area contributed by atoms with E-state index in [2.05, 4.69) is 0 Å². The van der Waals surface area contributed by atoms with Crippen molar-refractivity contribution in [2.45, 2.75) is 18.9 Å². The number of rotatable bonds is 5. The Morgan fingerprint density at radius 2 is 2.27 bits per heavy atom. The molecule has 0 saturated carbocycles. The quantitative estimate of drug-likeness (QED) is 0.638. The van der Waals surface area contributed by atoms with Gasteiger partial charge in [-0.05, 0) is 13.3 Å². The van der Waals surface area contributed by atoms with Crippen LogP contribution in [0.4, 0.5) is 0 Å². The summed E-state index contributed by atoms with van der Waals surface area (Å²) in [7, 11) is 1.59. The van der Waals surface area contributed by atoms with Gasteiger partial charge < -0.3 is 19.5 Å². The molecule has 0 aromatic heterocycles. The van der Waals surface area contributed by atoms with Gasteiger partial charge >= 0.3 is 0 Å². The minimum atomic E-state index is -0.734. The third-order valence-electron chi connectivity index (χ3n) is 2.46. The van der Waals surface area contributed by atoms with E-state index >= 15 is 0 Å². The second kappa shape index (κ2) is 5.44. The van der Waals surface area contributed by atoms with Crippen LogP contribution in [0.15, 0.2) is 0 Å². The Morgan fingerprint density at radius 1 is 1.53 bits per heavy atom. The second-order valence-electron chi connectivity index (χ2n) is 4.11. The number of β-amino-alcohol motifs (C(OH)–C–C–N with tert-alkyl or cyclic N) is 1. The summed E-state index contributed by atoms with van der Waals surface area (Å²) >= 11 is 0. The number of ether oxygens (including phenoxy) is 2. The Morgan fingerprint density at radius 3 is 2.80 bits per heavy atom. The number of likely N-dealkylation sites (tertiary alicyclic amines) is 1. The highest BCUT2D eigenvalue weighted by atomic mass is 16.5. The largest absolute Gasteiger partial charge is 0.388 e. The number of aliphatic hydroxyl groups is 1. The van der Waals surface area contributed by atoms with Gasteiger partial charge in [-0.2, -0.15) is 0 Å². The molecule has 1 unspecified atom stereocenters. The summed E-state index contributed by atoms with van der Waals surface area (Å²) in [4.78, 5) is 13.2. The summed E-state index contributed by atoms with van der Waals surface area (Å²) < 4.78 is 9.91. The van der Waals surface area contributed by atoms with Gasteiger partial charge in [0.2, 0.25) is 5.91 Å². The van der Waals surface area contributed by atoms with E-state index in [9.17, 15) is 9.90 Å². The summed E-state index contributed by atoms with van der Waals surface area (Å²) in [6.45, 7) is 3.74. The molecule has 1 fully saturated rings. The molecule has 1 N–H and O–H groups in total. The molecule has 1 amide bonds. The number of amides is 1. The van der Waals surface area contributed by atoms with Gasteiger partial charge in [0.1, 0.15) is 6.61 Å². The van der Waals surface area contributed by atoms with Crippen molar-refractivity contribution in [3.63, 3.8) is 0 Å². The first-order valence-electron chi connectivity index (χ1n) is 5.12. The van der Waals surface area contributed by atoms with Gasteiger partial charge in [-0.1, -0.05) is 0 Å². The number of carbonyl (C=O) groups is 1. The van der Waals surface area contributed by atoms with Gasteiger partial charge in [0.15, 0.2) is 0 Å². The van der Waals surface area contributed by atoms with Crippen LogP contribution in [-0.2, 0) is 14.3 Å². The molecule has 5 heteroatoms. The van der Waals surface area contributed by atoms with Crippen molar-refractivity contribution in [3.05, 3.63) is 0 Å². The molecule has 0 bridgehead atoms. The summed E-state index contributed by atoms with van der Waals surface area (Å²) in [5.41, 5.74) is -0.734. The first kappa shape index (κ1) is 12.4. The zero-order chi connectivity index (χ0) is 11.3. The predicted molar refractivity (Wildman–Crippen MR) is 54.5 cm³/mol. The average molecular weight is 217 g/mol. The van der Waals surface area contributed by atoms with E-state index in [-0.39, 0.29) is 12.5 Å². The molecule has 0 radical (unpaired) electrons. The third-order valence-corrected chi connectivity index (χ3v) is 2.46. The maximum absolute atomic E-state index is 11.5. The molecule has 1 heterocycles. The van der Waals surface area contributed by atoms with Gasteiger partial charge in [-0.25, -0.2) is 0 Å². The van der Waals surface area contributed by atoms with Crippen LogP contribution in [0, 0.1) is 0 Å². The van der Waals surface area contributed by atoms with E-state index in [1.54, 1.807) is 18.9 Å². The van der Waals surface area contributed by atoms with Crippen LogP contribution in [0.1, 0.15) is 13.3 Å². The highest BCUT2D eigenvalue weighted by molar-refractivity contribution is 5.77. The normalized spacial score (nSPS) is 25.9. The molecule has 5 nitrogen and oxygen atoms in total. The molecule has 88 valence electrons. The summed E-state index contributed by atoms with van der Waals surface area (Å²) in [6, 6.07) is 0. The molecule has 1 rings (SSSR count). The summed E-state index contributed by atoms with van der Waals surface area (Å²) in [6.07, 6.45) is 0.636. The zero-order valence-electron chi connectivity index (χ0n) is 9.36. The molecular weight excluding hydrogens is 198 g/mol. The van der Waals surface area contributed by atoms with E-state index in [4.69, 9.17) is 9.47 Å². The number of carbonyl (C=O) groups excluding carboxylic acids is 1. The molecule has 0 spiro atoms. The van der Waals surface area contributed by atoms with E-state index in [1.807, 2.05) is 0 Å². The monoisotopic (exact) mass is 217 g/mol. The van der Waals surface area contributed by atoms with Crippen LogP contribution in [0.3, 0.4) is 0 Å². The minimum absolute atomic E-state index is 0.0659. The van der Waals surface area contributed by atoms with Gasteiger partial charge in [0, 0.05) is 20.2 Å². The Kier molecular flexibility index (Phi) is 4.50. The van der Waals surface area contributed by atoms with Crippen LogP contribution in [-0.4, -0.2) is 61.5 Å². The SMILES string of the molecule is COCCOCC(=O)N1CCC(C)(O)C1. The van der Waals surface area contributed by atoms with E-state index < -0.39 is 5.60 Å². The number of hydrogen-bond donors (Lipinski definition) is 1. The number of methoxy groups -OCH3 is 1. The Balaban J connectivity index is 2.18. The maximum Gasteiger partial charge on any atom is 0.248 e. The zero-order valence-corrected chi connectivity index (χ0v) is 9.36. The third kappa shape index (κ3) is 4.15. The molecule has 1 atom stereocenters. The summed E-state index contributed by atoms with van der Waals surface area (Å²) in [5.74, 6) is -0.0659. The minimum Gasteiger partial charge on any atom is -0.388 e.